The van der Waals surface area contributed by atoms with Gasteiger partial charge in [0.2, 0.25) is 5.95 Å². The maximum Gasteiger partial charge on any atom is 0.228 e. The third kappa shape index (κ3) is 3.48. The first-order valence-corrected chi connectivity index (χ1v) is 10.5. The smallest absolute Gasteiger partial charge is 0.228 e. The number of hydrogen-bond acceptors (Lipinski definition) is 5. The summed E-state index contributed by atoms with van der Waals surface area (Å²) in [7, 11) is 0. The Morgan fingerprint density at radius 3 is 2.54 bits per heavy atom. The molecule has 24 heavy (non-hydrogen) atoms. The highest BCUT2D eigenvalue weighted by Gasteiger charge is 2.34. The van der Waals surface area contributed by atoms with Crippen LogP contribution in [-0.2, 0) is 4.79 Å². The fourth-order valence-electron chi connectivity index (χ4n) is 3.81. The van der Waals surface area contributed by atoms with Crippen molar-refractivity contribution in [3.05, 3.63) is 0 Å². The molecule has 132 valence electrons. The molecule has 2 heterocycles. The highest BCUT2D eigenvalue weighted by molar-refractivity contribution is 8.00. The number of hydrogen-bond donors (Lipinski definition) is 0. The standard InChI is InChI=1S/C18H28N4OS/c1-13-9-11-21(12-10-13)17-19-20-18(22(17)14-7-8-14)24-16-6-4-2-3-5-15(16)23/h13-14,16H,2-12H2,1H3. The average molecular weight is 349 g/mol. The van der Waals surface area contributed by atoms with Gasteiger partial charge < -0.3 is 4.90 Å². The zero-order valence-electron chi connectivity index (χ0n) is 14.6. The Bertz CT molecular complexity index is 590. The van der Waals surface area contributed by atoms with E-state index in [1.54, 1.807) is 11.8 Å². The van der Waals surface area contributed by atoms with E-state index >= 15 is 0 Å². The van der Waals surface area contributed by atoms with E-state index in [0.29, 0.717) is 11.8 Å². The van der Waals surface area contributed by atoms with Gasteiger partial charge in [0.1, 0.15) is 5.78 Å². The number of anilines is 1. The molecule has 0 N–H and O–H groups in total. The lowest BCUT2D eigenvalue weighted by Gasteiger charge is -2.31. The summed E-state index contributed by atoms with van der Waals surface area (Å²) in [5.74, 6) is 2.28. The maximum atomic E-state index is 12.4. The molecule has 4 rings (SSSR count). The van der Waals surface area contributed by atoms with Crippen molar-refractivity contribution < 1.29 is 4.79 Å². The van der Waals surface area contributed by atoms with Crippen molar-refractivity contribution in [2.75, 3.05) is 18.0 Å². The van der Waals surface area contributed by atoms with Crippen LogP contribution in [0.15, 0.2) is 5.16 Å². The van der Waals surface area contributed by atoms with Gasteiger partial charge in [-0.25, -0.2) is 0 Å². The van der Waals surface area contributed by atoms with Crippen molar-refractivity contribution in [2.24, 2.45) is 5.92 Å². The van der Waals surface area contributed by atoms with Crippen LogP contribution < -0.4 is 4.90 Å². The summed E-state index contributed by atoms with van der Waals surface area (Å²) in [6.07, 6.45) is 10.1. The van der Waals surface area contributed by atoms with E-state index < -0.39 is 0 Å². The largest absolute Gasteiger partial charge is 0.341 e. The average Bonchev–Trinajstić information content (AvgIpc) is 3.36. The fraction of sp³-hybridized carbons (Fsp3) is 0.833. The molecule has 1 aliphatic heterocycles. The molecule has 1 aromatic rings. The van der Waals surface area contributed by atoms with Gasteiger partial charge in [-0.15, -0.1) is 10.2 Å². The van der Waals surface area contributed by atoms with Gasteiger partial charge in [-0.05, 0) is 44.4 Å². The quantitative estimate of drug-likeness (QED) is 0.774. The van der Waals surface area contributed by atoms with Gasteiger partial charge in [-0.3, -0.25) is 9.36 Å². The molecular formula is C18H28N4OS. The maximum absolute atomic E-state index is 12.4. The Kier molecular flexibility index (Phi) is 4.83. The molecule has 6 heteroatoms. The molecule has 3 aliphatic rings. The van der Waals surface area contributed by atoms with Crippen LogP contribution in [0.4, 0.5) is 5.95 Å². The topological polar surface area (TPSA) is 51.0 Å². The van der Waals surface area contributed by atoms with Crippen LogP contribution in [0, 0.1) is 5.92 Å². The number of rotatable bonds is 4. The Labute approximate surface area is 148 Å². The van der Waals surface area contributed by atoms with E-state index in [1.165, 1.54) is 32.1 Å². The third-order valence-electron chi connectivity index (χ3n) is 5.62. The van der Waals surface area contributed by atoms with Gasteiger partial charge in [0.15, 0.2) is 5.16 Å². The first-order chi connectivity index (χ1) is 11.7. The normalized spacial score (nSPS) is 26.6. The molecule has 0 aromatic carbocycles. The lowest BCUT2D eigenvalue weighted by molar-refractivity contribution is -0.118. The van der Waals surface area contributed by atoms with Crippen LogP contribution >= 0.6 is 11.8 Å². The molecule has 1 aromatic heterocycles. The Balaban J connectivity index is 1.54. The van der Waals surface area contributed by atoms with Gasteiger partial charge in [-0.1, -0.05) is 31.5 Å². The molecule has 1 saturated heterocycles. The number of aromatic nitrogens is 3. The summed E-state index contributed by atoms with van der Waals surface area (Å²) < 4.78 is 2.35. The number of nitrogens with zero attached hydrogens (tertiary/aromatic N) is 4. The van der Waals surface area contributed by atoms with Crippen molar-refractivity contribution in [3.8, 4) is 0 Å². The molecule has 1 atom stereocenters. The second-order valence-corrected chi connectivity index (χ2v) is 8.90. The lowest BCUT2D eigenvalue weighted by Crippen LogP contribution is -2.34. The van der Waals surface area contributed by atoms with Crippen LogP contribution in [-0.4, -0.2) is 38.9 Å². The van der Waals surface area contributed by atoms with Crippen LogP contribution in [0.2, 0.25) is 0 Å². The minimum atomic E-state index is 0.0865. The number of Topliss-reactive ketones (excluding diaryl/α,β-unsaturated/α-hetero) is 1. The van der Waals surface area contributed by atoms with Crippen molar-refractivity contribution in [1.82, 2.24) is 14.8 Å². The van der Waals surface area contributed by atoms with Crippen molar-refractivity contribution >= 4 is 23.5 Å². The Morgan fingerprint density at radius 2 is 1.79 bits per heavy atom. The second kappa shape index (κ2) is 7.06. The van der Waals surface area contributed by atoms with Crippen molar-refractivity contribution in [2.45, 2.75) is 81.2 Å². The van der Waals surface area contributed by atoms with E-state index in [0.717, 1.165) is 55.8 Å². The zero-order valence-corrected chi connectivity index (χ0v) is 15.4. The Hall–Kier alpha value is -1.04. The van der Waals surface area contributed by atoms with Crippen molar-refractivity contribution in [3.63, 3.8) is 0 Å². The molecule has 1 unspecified atom stereocenters. The van der Waals surface area contributed by atoms with Crippen LogP contribution in [0.3, 0.4) is 0 Å². The highest BCUT2D eigenvalue weighted by atomic mass is 32.2. The summed E-state index contributed by atoms with van der Waals surface area (Å²) in [6.45, 7) is 4.50. The van der Waals surface area contributed by atoms with Gasteiger partial charge >= 0.3 is 0 Å². The Morgan fingerprint density at radius 1 is 1.00 bits per heavy atom. The first-order valence-electron chi connectivity index (χ1n) is 9.61. The molecule has 3 fully saturated rings. The van der Waals surface area contributed by atoms with Gasteiger partial charge in [-0.2, -0.15) is 0 Å². The number of carbonyl (C=O) groups is 1. The van der Waals surface area contributed by atoms with E-state index in [1.807, 2.05) is 0 Å². The third-order valence-corrected chi connectivity index (χ3v) is 6.89. The van der Waals surface area contributed by atoms with Crippen LogP contribution in [0.1, 0.15) is 70.8 Å². The number of ketones is 1. The summed E-state index contributed by atoms with van der Waals surface area (Å²) in [4.78, 5) is 14.8. The zero-order chi connectivity index (χ0) is 16.5. The molecule has 0 amide bonds. The number of carbonyl (C=O) groups excluding carboxylic acids is 1. The molecule has 0 radical (unpaired) electrons. The predicted molar refractivity (Wildman–Crippen MR) is 96.6 cm³/mol. The highest BCUT2D eigenvalue weighted by Crippen LogP contribution is 2.43. The monoisotopic (exact) mass is 348 g/mol. The minimum absolute atomic E-state index is 0.0865. The summed E-state index contributed by atoms with van der Waals surface area (Å²) in [6, 6.07) is 0.553. The fourth-order valence-corrected chi connectivity index (χ4v) is 5.03. The van der Waals surface area contributed by atoms with Gasteiger partial charge in [0.25, 0.3) is 0 Å². The molecule has 0 spiro atoms. The van der Waals surface area contributed by atoms with E-state index in [-0.39, 0.29) is 5.25 Å². The summed E-state index contributed by atoms with van der Waals surface area (Å²) in [5, 5.41) is 10.1. The molecule has 5 nitrogen and oxygen atoms in total. The molecular weight excluding hydrogens is 320 g/mol. The minimum Gasteiger partial charge on any atom is -0.341 e. The van der Waals surface area contributed by atoms with E-state index in [4.69, 9.17) is 0 Å². The van der Waals surface area contributed by atoms with E-state index in [9.17, 15) is 4.79 Å². The summed E-state index contributed by atoms with van der Waals surface area (Å²) in [5.41, 5.74) is 0. The van der Waals surface area contributed by atoms with Crippen LogP contribution in [0.5, 0.6) is 0 Å². The SMILES string of the molecule is CC1CCN(c2nnc(SC3CCCCCC3=O)n2C2CC2)CC1. The first kappa shape index (κ1) is 16.4. The van der Waals surface area contributed by atoms with Crippen LogP contribution in [0.25, 0.3) is 0 Å². The van der Waals surface area contributed by atoms with Gasteiger partial charge in [0, 0.05) is 25.6 Å². The predicted octanol–water partition coefficient (Wildman–Crippen LogP) is 3.84. The number of piperidine rings is 1. The molecule has 0 bridgehead atoms. The second-order valence-electron chi connectivity index (χ2n) is 7.73. The molecule has 2 aliphatic carbocycles. The lowest BCUT2D eigenvalue weighted by atomic mass is 10.00. The summed E-state index contributed by atoms with van der Waals surface area (Å²) >= 11 is 1.68. The molecule has 2 saturated carbocycles. The van der Waals surface area contributed by atoms with Gasteiger partial charge in [0.05, 0.1) is 5.25 Å². The van der Waals surface area contributed by atoms with E-state index in [2.05, 4.69) is 26.6 Å². The number of thioether (sulfide) groups is 1. The van der Waals surface area contributed by atoms with Crippen molar-refractivity contribution in [1.29, 1.82) is 0 Å².